The molecule has 5 heteroatoms. The Morgan fingerprint density at radius 3 is 2.86 bits per heavy atom. The van der Waals surface area contributed by atoms with Gasteiger partial charge in [-0.15, -0.1) is 0 Å². The van der Waals surface area contributed by atoms with E-state index in [4.69, 9.17) is 16.3 Å². The predicted octanol–water partition coefficient (Wildman–Crippen LogP) is 2.93. The Kier molecular flexibility index (Phi) is 5.03. The van der Waals surface area contributed by atoms with Gasteiger partial charge in [0.05, 0.1) is 11.6 Å². The second-order valence-electron chi connectivity index (χ2n) is 6.68. The number of piperidine rings is 1. The average Bonchev–Trinajstić information content (AvgIpc) is 2.81. The van der Waals surface area contributed by atoms with Crippen LogP contribution in [-0.4, -0.2) is 44.8 Å². The number of benzene rings is 1. The van der Waals surface area contributed by atoms with Gasteiger partial charge in [-0.3, -0.25) is 4.90 Å². The standard InChI is InChI=1S/C17H24ClFN2O/c1-22-11-14-10-21(12-17(14)4-6-20-7-5-17)9-13-2-3-15(18)16(19)8-13/h2-3,8,14,20H,4-7,9-12H2,1H3. The smallest absolute Gasteiger partial charge is 0.142 e. The van der Waals surface area contributed by atoms with Crippen LogP contribution < -0.4 is 5.32 Å². The van der Waals surface area contributed by atoms with E-state index in [1.807, 2.05) is 6.07 Å². The number of nitrogens with one attached hydrogen (secondary N) is 1. The van der Waals surface area contributed by atoms with E-state index in [1.54, 1.807) is 19.2 Å². The summed E-state index contributed by atoms with van der Waals surface area (Å²) in [5, 5.41) is 3.65. The van der Waals surface area contributed by atoms with Crippen molar-refractivity contribution >= 4 is 11.6 Å². The third-order valence-corrected chi connectivity index (χ3v) is 5.55. The number of halogens is 2. The van der Waals surface area contributed by atoms with Crippen molar-refractivity contribution in [2.75, 3.05) is 39.9 Å². The fraction of sp³-hybridized carbons (Fsp3) is 0.647. The monoisotopic (exact) mass is 326 g/mol. The largest absolute Gasteiger partial charge is 0.384 e. The summed E-state index contributed by atoms with van der Waals surface area (Å²) >= 11 is 5.77. The van der Waals surface area contributed by atoms with Crippen LogP contribution in [0.1, 0.15) is 18.4 Å². The Morgan fingerprint density at radius 2 is 2.18 bits per heavy atom. The Morgan fingerprint density at radius 1 is 1.41 bits per heavy atom. The van der Waals surface area contributed by atoms with Gasteiger partial charge in [0.25, 0.3) is 0 Å². The predicted molar refractivity (Wildman–Crippen MR) is 86.6 cm³/mol. The average molecular weight is 327 g/mol. The molecule has 2 aliphatic heterocycles. The lowest BCUT2D eigenvalue weighted by atomic mass is 9.71. The Hall–Kier alpha value is -0.680. The minimum Gasteiger partial charge on any atom is -0.384 e. The van der Waals surface area contributed by atoms with Gasteiger partial charge in [0, 0.05) is 32.7 Å². The highest BCUT2D eigenvalue weighted by Crippen LogP contribution is 2.43. The summed E-state index contributed by atoms with van der Waals surface area (Å²) in [5.74, 6) is 0.236. The molecule has 0 aromatic heterocycles. The van der Waals surface area contributed by atoms with Crippen molar-refractivity contribution in [3.63, 3.8) is 0 Å². The zero-order valence-corrected chi connectivity index (χ0v) is 13.8. The van der Waals surface area contributed by atoms with Gasteiger partial charge in [-0.25, -0.2) is 4.39 Å². The van der Waals surface area contributed by atoms with Gasteiger partial charge in [0.1, 0.15) is 5.82 Å². The maximum Gasteiger partial charge on any atom is 0.142 e. The number of hydrogen-bond donors (Lipinski definition) is 1. The molecule has 2 aliphatic rings. The molecule has 3 rings (SSSR count). The SMILES string of the molecule is COCC1CN(Cc2ccc(Cl)c(F)c2)CC12CCNCC2. The first-order valence-electron chi connectivity index (χ1n) is 7.99. The van der Waals surface area contributed by atoms with Crippen molar-refractivity contribution in [1.82, 2.24) is 10.2 Å². The lowest BCUT2D eigenvalue weighted by Gasteiger charge is -2.38. The Bertz CT molecular complexity index is 519. The van der Waals surface area contributed by atoms with Crippen molar-refractivity contribution < 1.29 is 9.13 Å². The van der Waals surface area contributed by atoms with E-state index < -0.39 is 0 Å². The topological polar surface area (TPSA) is 24.5 Å². The van der Waals surface area contributed by atoms with Crippen LogP contribution in [-0.2, 0) is 11.3 Å². The number of hydrogen-bond acceptors (Lipinski definition) is 3. The number of nitrogens with zero attached hydrogens (tertiary/aromatic N) is 1. The van der Waals surface area contributed by atoms with Crippen molar-refractivity contribution in [1.29, 1.82) is 0 Å². The first kappa shape index (κ1) is 16.2. The highest BCUT2D eigenvalue weighted by molar-refractivity contribution is 6.30. The van der Waals surface area contributed by atoms with E-state index in [1.165, 1.54) is 12.8 Å². The summed E-state index contributed by atoms with van der Waals surface area (Å²) in [6, 6.07) is 5.13. The molecule has 2 saturated heterocycles. The molecule has 0 bridgehead atoms. The van der Waals surface area contributed by atoms with Gasteiger partial charge >= 0.3 is 0 Å². The summed E-state index contributed by atoms with van der Waals surface area (Å²) in [7, 11) is 1.78. The number of ether oxygens (including phenoxy) is 1. The van der Waals surface area contributed by atoms with Crippen molar-refractivity contribution in [2.45, 2.75) is 19.4 Å². The van der Waals surface area contributed by atoms with E-state index >= 15 is 0 Å². The quantitative estimate of drug-likeness (QED) is 0.920. The molecule has 0 amide bonds. The number of likely N-dealkylation sites (tertiary alicyclic amines) is 1. The summed E-state index contributed by atoms with van der Waals surface area (Å²) in [6.07, 6.45) is 2.40. The highest BCUT2D eigenvalue weighted by Gasteiger charge is 2.46. The number of rotatable bonds is 4. The molecule has 1 atom stereocenters. The molecule has 1 aromatic rings. The van der Waals surface area contributed by atoms with Gasteiger partial charge in [0.2, 0.25) is 0 Å². The summed E-state index contributed by atoms with van der Waals surface area (Å²) < 4.78 is 19.1. The van der Waals surface area contributed by atoms with Crippen LogP contribution in [0.15, 0.2) is 18.2 Å². The molecule has 22 heavy (non-hydrogen) atoms. The third-order valence-electron chi connectivity index (χ3n) is 5.24. The zero-order valence-electron chi connectivity index (χ0n) is 13.1. The van der Waals surface area contributed by atoms with Crippen molar-refractivity contribution in [3.8, 4) is 0 Å². The van der Waals surface area contributed by atoms with E-state index in [-0.39, 0.29) is 10.8 Å². The van der Waals surface area contributed by atoms with Gasteiger partial charge in [-0.05, 0) is 49.0 Å². The van der Waals surface area contributed by atoms with Crippen LogP contribution in [0, 0.1) is 17.2 Å². The molecular formula is C17H24ClFN2O. The van der Waals surface area contributed by atoms with Gasteiger partial charge < -0.3 is 10.1 Å². The molecule has 1 unspecified atom stereocenters. The summed E-state index contributed by atoms with van der Waals surface area (Å²) in [5.41, 5.74) is 1.34. The van der Waals surface area contributed by atoms with Crippen molar-refractivity contribution in [3.05, 3.63) is 34.6 Å². The molecule has 122 valence electrons. The molecule has 2 fully saturated rings. The molecule has 1 aromatic carbocycles. The minimum atomic E-state index is -0.330. The fourth-order valence-corrected chi connectivity index (χ4v) is 4.20. The number of methoxy groups -OCH3 is 1. The van der Waals surface area contributed by atoms with Gasteiger partial charge in [-0.1, -0.05) is 17.7 Å². The lowest BCUT2D eigenvalue weighted by molar-refractivity contribution is 0.0716. The first-order valence-corrected chi connectivity index (χ1v) is 8.37. The molecule has 1 N–H and O–H groups in total. The van der Waals surface area contributed by atoms with E-state index in [0.717, 1.165) is 44.9 Å². The van der Waals surface area contributed by atoms with Gasteiger partial charge in [0.15, 0.2) is 0 Å². The second kappa shape index (κ2) is 6.83. The highest BCUT2D eigenvalue weighted by atomic mass is 35.5. The molecule has 0 aliphatic carbocycles. The maximum atomic E-state index is 13.6. The van der Waals surface area contributed by atoms with Gasteiger partial charge in [-0.2, -0.15) is 0 Å². The lowest BCUT2D eigenvalue weighted by Crippen LogP contribution is -2.43. The fourth-order valence-electron chi connectivity index (χ4n) is 4.08. The minimum absolute atomic E-state index is 0.192. The molecule has 3 nitrogen and oxygen atoms in total. The van der Waals surface area contributed by atoms with Crippen molar-refractivity contribution in [2.24, 2.45) is 11.3 Å². The van der Waals surface area contributed by atoms with Crippen LogP contribution in [0.3, 0.4) is 0 Å². The maximum absolute atomic E-state index is 13.6. The molecule has 1 spiro atoms. The van der Waals surface area contributed by atoms with Crippen LogP contribution in [0.5, 0.6) is 0 Å². The van der Waals surface area contributed by atoms with Crippen LogP contribution in [0.25, 0.3) is 0 Å². The Balaban J connectivity index is 1.71. The normalized spacial score (nSPS) is 25.0. The van der Waals surface area contributed by atoms with Crippen LogP contribution >= 0.6 is 11.6 Å². The van der Waals surface area contributed by atoms with Crippen LogP contribution in [0.2, 0.25) is 5.02 Å². The Labute approximate surface area is 136 Å². The first-order chi connectivity index (χ1) is 10.6. The molecular weight excluding hydrogens is 303 g/mol. The molecule has 2 heterocycles. The summed E-state index contributed by atoms with van der Waals surface area (Å²) in [6.45, 7) is 5.87. The van der Waals surface area contributed by atoms with E-state index in [0.29, 0.717) is 11.3 Å². The van der Waals surface area contributed by atoms with E-state index in [9.17, 15) is 4.39 Å². The molecule has 0 saturated carbocycles. The second-order valence-corrected chi connectivity index (χ2v) is 7.09. The third kappa shape index (κ3) is 3.30. The van der Waals surface area contributed by atoms with E-state index in [2.05, 4.69) is 10.2 Å². The molecule has 0 radical (unpaired) electrons. The zero-order chi connectivity index (χ0) is 15.6. The summed E-state index contributed by atoms with van der Waals surface area (Å²) in [4.78, 5) is 2.44. The van der Waals surface area contributed by atoms with Crippen LogP contribution in [0.4, 0.5) is 4.39 Å².